The third-order valence-corrected chi connectivity index (χ3v) is 6.35. The van der Waals surface area contributed by atoms with Gasteiger partial charge in [-0.3, -0.25) is 4.98 Å². The lowest BCUT2D eigenvalue weighted by atomic mass is 9.77. The second-order valence-electron chi connectivity index (χ2n) is 7.09. The maximum absolute atomic E-state index is 6.15. The van der Waals surface area contributed by atoms with Crippen LogP contribution < -0.4 is 5.73 Å². The zero-order valence-corrected chi connectivity index (χ0v) is 18.2. The predicted octanol–water partition coefficient (Wildman–Crippen LogP) is 6.64. The fourth-order valence-electron chi connectivity index (χ4n) is 4.31. The van der Waals surface area contributed by atoms with Crippen LogP contribution >= 0.6 is 31.9 Å². The third kappa shape index (κ3) is 3.95. The monoisotopic (exact) mass is 464 g/mol. The quantitative estimate of drug-likeness (QED) is 0.502. The van der Waals surface area contributed by atoms with Gasteiger partial charge in [0.2, 0.25) is 0 Å². The van der Waals surface area contributed by atoms with Crippen LogP contribution in [-0.4, -0.2) is 4.98 Å². The molecule has 1 atom stereocenters. The number of hydrogen-bond acceptors (Lipinski definition) is 2. The van der Waals surface area contributed by atoms with Crippen molar-refractivity contribution in [3.05, 3.63) is 55.7 Å². The standard InChI is InChI=1S/C21H26Br2N2/c1-3-5-13(6-4-2)20-19-14(10-17(24)11-18(19)23)7-8-15-9-16(22)12-25-21(15)20/h9-13,20H,3-8,24H2,1-2H3/t20-/m1/s1. The van der Waals surface area contributed by atoms with Crippen LogP contribution in [0.4, 0.5) is 5.69 Å². The number of rotatable bonds is 5. The first-order valence-electron chi connectivity index (χ1n) is 9.27. The fourth-order valence-corrected chi connectivity index (χ4v) is 5.45. The molecule has 134 valence electrons. The Morgan fingerprint density at radius 1 is 1.08 bits per heavy atom. The van der Waals surface area contributed by atoms with E-state index < -0.39 is 0 Å². The Kier molecular flexibility index (Phi) is 6.21. The number of aromatic nitrogens is 1. The van der Waals surface area contributed by atoms with Crippen molar-refractivity contribution in [2.75, 3.05) is 5.73 Å². The number of hydrogen-bond donors (Lipinski definition) is 1. The molecule has 0 spiro atoms. The van der Waals surface area contributed by atoms with Gasteiger partial charge in [-0.05, 0) is 82.4 Å². The van der Waals surface area contributed by atoms with E-state index in [0.717, 1.165) is 27.5 Å². The zero-order chi connectivity index (χ0) is 18.0. The topological polar surface area (TPSA) is 38.9 Å². The summed E-state index contributed by atoms with van der Waals surface area (Å²) in [4.78, 5) is 4.91. The molecule has 0 radical (unpaired) electrons. The lowest BCUT2D eigenvalue weighted by Gasteiger charge is -2.29. The number of benzene rings is 1. The molecule has 0 saturated heterocycles. The number of pyridine rings is 1. The van der Waals surface area contributed by atoms with E-state index in [0.29, 0.717) is 11.8 Å². The number of aryl methyl sites for hydroxylation is 2. The summed E-state index contributed by atoms with van der Waals surface area (Å²) >= 11 is 7.43. The summed E-state index contributed by atoms with van der Waals surface area (Å²) in [7, 11) is 0. The molecule has 2 aromatic rings. The summed E-state index contributed by atoms with van der Waals surface area (Å²) in [6.07, 6.45) is 8.86. The van der Waals surface area contributed by atoms with Crippen molar-refractivity contribution in [3.8, 4) is 0 Å². The van der Waals surface area contributed by atoms with Crippen molar-refractivity contribution in [1.29, 1.82) is 0 Å². The van der Waals surface area contributed by atoms with E-state index in [9.17, 15) is 0 Å². The van der Waals surface area contributed by atoms with Crippen molar-refractivity contribution >= 4 is 37.5 Å². The van der Waals surface area contributed by atoms with Crippen molar-refractivity contribution < 1.29 is 0 Å². The average molecular weight is 466 g/mol. The van der Waals surface area contributed by atoms with Crippen molar-refractivity contribution in [1.82, 2.24) is 4.98 Å². The Labute approximate surface area is 167 Å². The number of nitrogens with zero attached hydrogens (tertiary/aromatic N) is 1. The van der Waals surface area contributed by atoms with Crippen molar-refractivity contribution in [3.63, 3.8) is 0 Å². The van der Waals surface area contributed by atoms with Gasteiger partial charge in [0.05, 0.1) is 5.69 Å². The lowest BCUT2D eigenvalue weighted by Crippen LogP contribution is -2.18. The normalized spacial score (nSPS) is 16.4. The first kappa shape index (κ1) is 18.9. The molecule has 4 heteroatoms. The summed E-state index contributed by atoms with van der Waals surface area (Å²) in [5.74, 6) is 0.953. The highest BCUT2D eigenvalue weighted by molar-refractivity contribution is 9.10. The van der Waals surface area contributed by atoms with Gasteiger partial charge in [-0.25, -0.2) is 0 Å². The van der Waals surface area contributed by atoms with Crippen LogP contribution in [0.1, 0.15) is 67.8 Å². The number of fused-ring (bicyclic) bond motifs is 2. The summed E-state index contributed by atoms with van der Waals surface area (Å²) in [6.45, 7) is 4.57. The van der Waals surface area contributed by atoms with Crippen LogP contribution in [0.15, 0.2) is 33.3 Å². The minimum Gasteiger partial charge on any atom is -0.399 e. The summed E-state index contributed by atoms with van der Waals surface area (Å²) < 4.78 is 2.21. The second-order valence-corrected chi connectivity index (χ2v) is 8.86. The molecule has 1 aromatic carbocycles. The number of nitrogen functional groups attached to an aromatic ring is 1. The first-order valence-corrected chi connectivity index (χ1v) is 10.9. The molecule has 0 fully saturated rings. The second kappa shape index (κ2) is 8.22. The van der Waals surface area contributed by atoms with Crippen LogP contribution in [0.5, 0.6) is 0 Å². The molecule has 25 heavy (non-hydrogen) atoms. The van der Waals surface area contributed by atoms with E-state index in [1.54, 1.807) is 0 Å². The van der Waals surface area contributed by atoms with Crippen LogP contribution in [0.25, 0.3) is 0 Å². The molecular weight excluding hydrogens is 440 g/mol. The van der Waals surface area contributed by atoms with Gasteiger partial charge in [-0.15, -0.1) is 0 Å². The maximum Gasteiger partial charge on any atom is 0.0514 e. The Bertz CT molecular complexity index is 752. The molecule has 3 rings (SSSR count). The molecule has 0 unspecified atom stereocenters. The van der Waals surface area contributed by atoms with E-state index in [-0.39, 0.29) is 0 Å². The fraction of sp³-hybridized carbons (Fsp3) is 0.476. The molecule has 2 N–H and O–H groups in total. The minimum atomic E-state index is 0.343. The molecule has 1 aromatic heterocycles. The summed E-state index contributed by atoms with van der Waals surface area (Å²) in [5.41, 5.74) is 12.4. The van der Waals surface area contributed by atoms with Crippen LogP contribution in [0.3, 0.4) is 0 Å². The molecule has 0 aliphatic heterocycles. The van der Waals surface area contributed by atoms with Crippen LogP contribution in [0, 0.1) is 5.92 Å². The smallest absolute Gasteiger partial charge is 0.0514 e. The molecule has 0 saturated carbocycles. The van der Waals surface area contributed by atoms with Crippen molar-refractivity contribution in [2.24, 2.45) is 5.92 Å². The molecule has 0 bridgehead atoms. The highest BCUT2D eigenvalue weighted by Gasteiger charge is 2.32. The Morgan fingerprint density at radius 2 is 1.76 bits per heavy atom. The largest absolute Gasteiger partial charge is 0.399 e. The zero-order valence-electron chi connectivity index (χ0n) is 15.0. The van der Waals surface area contributed by atoms with Crippen molar-refractivity contribution in [2.45, 2.75) is 58.3 Å². The van der Waals surface area contributed by atoms with E-state index in [2.05, 4.69) is 63.9 Å². The predicted molar refractivity (Wildman–Crippen MR) is 113 cm³/mol. The molecular formula is C21H26Br2N2. The van der Waals surface area contributed by atoms with Crippen LogP contribution in [-0.2, 0) is 12.8 Å². The van der Waals surface area contributed by atoms with E-state index in [4.69, 9.17) is 10.7 Å². The molecule has 1 aliphatic rings. The number of halogens is 2. The summed E-state index contributed by atoms with van der Waals surface area (Å²) in [6, 6.07) is 6.49. The maximum atomic E-state index is 6.15. The van der Waals surface area contributed by atoms with Gasteiger partial charge in [-0.1, -0.05) is 42.6 Å². The average Bonchev–Trinajstić information content (AvgIpc) is 2.71. The molecule has 1 aliphatic carbocycles. The Balaban J connectivity index is 2.22. The summed E-state index contributed by atoms with van der Waals surface area (Å²) in [5, 5.41) is 0. The molecule has 1 heterocycles. The third-order valence-electron chi connectivity index (χ3n) is 5.27. The van der Waals surface area contributed by atoms with E-state index in [1.165, 1.54) is 48.1 Å². The van der Waals surface area contributed by atoms with Crippen LogP contribution in [0.2, 0.25) is 0 Å². The van der Waals surface area contributed by atoms with Gasteiger partial charge in [0, 0.05) is 26.7 Å². The Morgan fingerprint density at radius 3 is 2.44 bits per heavy atom. The van der Waals surface area contributed by atoms with Gasteiger partial charge < -0.3 is 5.73 Å². The van der Waals surface area contributed by atoms with Gasteiger partial charge in [0.25, 0.3) is 0 Å². The highest BCUT2D eigenvalue weighted by Crippen LogP contribution is 2.45. The first-order chi connectivity index (χ1) is 12.0. The molecule has 0 amide bonds. The SMILES string of the molecule is CCCC(CCC)[C@H]1c2ncc(Br)cc2CCc2cc(N)cc(Br)c21. The number of anilines is 1. The molecule has 2 nitrogen and oxygen atoms in total. The number of nitrogens with two attached hydrogens (primary N) is 1. The van der Waals surface area contributed by atoms with Gasteiger partial charge in [0.1, 0.15) is 0 Å². The van der Waals surface area contributed by atoms with Gasteiger partial charge in [-0.2, -0.15) is 0 Å². The van der Waals surface area contributed by atoms with Gasteiger partial charge in [0.15, 0.2) is 0 Å². The van der Waals surface area contributed by atoms with Gasteiger partial charge >= 0.3 is 0 Å². The highest BCUT2D eigenvalue weighted by atomic mass is 79.9. The Hall–Kier alpha value is -0.870. The van der Waals surface area contributed by atoms with E-state index >= 15 is 0 Å². The van der Waals surface area contributed by atoms with E-state index in [1.807, 2.05) is 6.20 Å². The lowest BCUT2D eigenvalue weighted by molar-refractivity contribution is 0.389. The minimum absolute atomic E-state index is 0.343.